The van der Waals surface area contributed by atoms with Crippen LogP contribution in [0.5, 0.6) is 0 Å². The summed E-state index contributed by atoms with van der Waals surface area (Å²) in [5.74, 6) is -0.124. The largest absolute Gasteiger partial charge is 0.353 e. The summed E-state index contributed by atoms with van der Waals surface area (Å²) in [6.45, 7) is 8.50. The molecule has 132 valence electrons. The van der Waals surface area contributed by atoms with E-state index in [0.717, 1.165) is 17.9 Å². The molecule has 2 heterocycles. The Bertz CT molecular complexity index is 618. The molecule has 0 spiro atoms. The molecule has 7 nitrogen and oxygen atoms in total. The molecule has 24 heavy (non-hydrogen) atoms. The fraction of sp³-hybridized carbons (Fsp3) is 0.588. The number of nitrogens with one attached hydrogen (secondary N) is 2. The molecule has 0 aliphatic carbocycles. The molecule has 7 heteroatoms. The van der Waals surface area contributed by atoms with E-state index in [9.17, 15) is 9.59 Å². The topological polar surface area (TPSA) is 81.3 Å². The van der Waals surface area contributed by atoms with Crippen LogP contribution in [-0.4, -0.2) is 64.5 Å². The second-order valence-electron chi connectivity index (χ2n) is 6.58. The van der Waals surface area contributed by atoms with Gasteiger partial charge >= 0.3 is 0 Å². The molecule has 0 radical (unpaired) electrons. The minimum absolute atomic E-state index is 0.0556. The van der Waals surface area contributed by atoms with Crippen molar-refractivity contribution < 1.29 is 9.59 Å². The van der Waals surface area contributed by atoms with Gasteiger partial charge in [-0.3, -0.25) is 19.6 Å². The van der Waals surface area contributed by atoms with Crippen LogP contribution in [0, 0.1) is 6.92 Å². The minimum Gasteiger partial charge on any atom is -0.353 e. The van der Waals surface area contributed by atoms with Crippen LogP contribution < -0.4 is 5.32 Å². The first-order chi connectivity index (χ1) is 11.4. The molecule has 0 aromatic carbocycles. The van der Waals surface area contributed by atoms with Crippen molar-refractivity contribution in [3.8, 4) is 0 Å². The third-order valence-corrected chi connectivity index (χ3v) is 4.13. The first-order valence-electron chi connectivity index (χ1n) is 8.27. The number of nitrogens with zero attached hydrogens (tertiary/aromatic N) is 3. The lowest BCUT2D eigenvalue weighted by Gasteiger charge is -2.34. The van der Waals surface area contributed by atoms with E-state index in [2.05, 4.69) is 26.5 Å². The van der Waals surface area contributed by atoms with Gasteiger partial charge in [0, 0.05) is 32.4 Å². The first-order valence-corrected chi connectivity index (χ1v) is 8.27. The minimum atomic E-state index is -0.412. The summed E-state index contributed by atoms with van der Waals surface area (Å²) in [6, 6.07) is 1.50. The van der Waals surface area contributed by atoms with Crippen LogP contribution in [-0.2, 0) is 16.1 Å². The lowest BCUT2D eigenvalue weighted by Crippen LogP contribution is -2.56. The molecule has 1 aliphatic heterocycles. The summed E-state index contributed by atoms with van der Waals surface area (Å²) >= 11 is 0. The maximum atomic E-state index is 12.5. The van der Waals surface area contributed by atoms with Crippen molar-refractivity contribution >= 4 is 11.8 Å². The molecule has 1 aliphatic rings. The Morgan fingerprint density at radius 2 is 2.25 bits per heavy atom. The van der Waals surface area contributed by atoms with E-state index < -0.39 is 6.04 Å². The summed E-state index contributed by atoms with van der Waals surface area (Å²) in [7, 11) is 1.74. The molecule has 2 rings (SSSR count). The van der Waals surface area contributed by atoms with Gasteiger partial charge in [0.25, 0.3) is 0 Å². The quantitative estimate of drug-likeness (QED) is 0.756. The van der Waals surface area contributed by atoms with E-state index in [1.807, 2.05) is 26.8 Å². The molecule has 1 unspecified atom stereocenters. The number of amides is 2. The van der Waals surface area contributed by atoms with Crippen LogP contribution in [0.2, 0.25) is 0 Å². The van der Waals surface area contributed by atoms with Crippen molar-refractivity contribution in [2.45, 2.75) is 39.8 Å². The van der Waals surface area contributed by atoms with Crippen LogP contribution in [0.25, 0.3) is 0 Å². The Morgan fingerprint density at radius 3 is 2.88 bits per heavy atom. The van der Waals surface area contributed by atoms with E-state index in [-0.39, 0.29) is 18.2 Å². The highest BCUT2D eigenvalue weighted by molar-refractivity contribution is 5.88. The van der Waals surface area contributed by atoms with Crippen LogP contribution in [0.4, 0.5) is 0 Å². The van der Waals surface area contributed by atoms with E-state index in [4.69, 9.17) is 0 Å². The highest BCUT2D eigenvalue weighted by Crippen LogP contribution is 2.12. The number of piperazine rings is 1. The summed E-state index contributed by atoms with van der Waals surface area (Å²) in [6.07, 6.45) is 2.27. The maximum absolute atomic E-state index is 12.5. The SMILES string of the molecule is CC(C)=CCN1CCNC(=O)C1CC(=O)N(C)Cc1cc(C)[nH]n1. The summed E-state index contributed by atoms with van der Waals surface area (Å²) in [5.41, 5.74) is 2.99. The van der Waals surface area contributed by atoms with E-state index in [1.165, 1.54) is 5.57 Å². The molecule has 0 bridgehead atoms. The van der Waals surface area contributed by atoms with E-state index >= 15 is 0 Å². The van der Waals surface area contributed by atoms with E-state index in [0.29, 0.717) is 19.6 Å². The maximum Gasteiger partial charge on any atom is 0.237 e. The van der Waals surface area contributed by atoms with Crippen LogP contribution >= 0.6 is 0 Å². The van der Waals surface area contributed by atoms with Crippen LogP contribution in [0.1, 0.15) is 31.7 Å². The average Bonchev–Trinajstić information content (AvgIpc) is 2.92. The predicted molar refractivity (Wildman–Crippen MR) is 92.2 cm³/mol. The molecule has 0 saturated carbocycles. The van der Waals surface area contributed by atoms with Gasteiger partial charge in [-0.25, -0.2) is 0 Å². The van der Waals surface area contributed by atoms with Crippen molar-refractivity contribution in [3.05, 3.63) is 29.1 Å². The van der Waals surface area contributed by atoms with Gasteiger partial charge < -0.3 is 10.2 Å². The zero-order valence-corrected chi connectivity index (χ0v) is 14.9. The van der Waals surface area contributed by atoms with Crippen LogP contribution in [0.3, 0.4) is 0 Å². The highest BCUT2D eigenvalue weighted by atomic mass is 16.2. The fourth-order valence-corrected chi connectivity index (χ4v) is 2.71. The number of aromatic nitrogens is 2. The standard InChI is InChI=1S/C17H27N5O2/c1-12(2)5-7-22-8-6-18-17(24)15(22)10-16(23)21(4)11-14-9-13(3)19-20-14/h5,9,15H,6-8,10-11H2,1-4H3,(H,18,24)(H,19,20). The highest BCUT2D eigenvalue weighted by Gasteiger charge is 2.31. The third-order valence-electron chi connectivity index (χ3n) is 4.13. The Kier molecular flexibility index (Phi) is 6.14. The number of carbonyl (C=O) groups excluding carboxylic acids is 2. The van der Waals surface area contributed by atoms with E-state index in [1.54, 1.807) is 11.9 Å². The number of hydrogen-bond acceptors (Lipinski definition) is 4. The smallest absolute Gasteiger partial charge is 0.237 e. The predicted octanol–water partition coefficient (Wildman–Crippen LogP) is 0.833. The van der Waals surface area contributed by atoms with Gasteiger partial charge in [0.1, 0.15) is 0 Å². The number of aromatic amines is 1. The Balaban J connectivity index is 1.97. The molecule has 1 fully saturated rings. The lowest BCUT2D eigenvalue weighted by molar-refractivity contribution is -0.138. The van der Waals surface area contributed by atoms with Crippen molar-refractivity contribution in [1.29, 1.82) is 0 Å². The van der Waals surface area contributed by atoms with Gasteiger partial charge in [0.05, 0.1) is 24.7 Å². The van der Waals surface area contributed by atoms with Gasteiger partial charge in [0.2, 0.25) is 11.8 Å². The van der Waals surface area contributed by atoms with Gasteiger partial charge in [-0.1, -0.05) is 11.6 Å². The monoisotopic (exact) mass is 333 g/mol. The van der Waals surface area contributed by atoms with Crippen molar-refractivity contribution in [2.24, 2.45) is 0 Å². The molecule has 1 aromatic rings. The lowest BCUT2D eigenvalue weighted by atomic mass is 10.1. The fourth-order valence-electron chi connectivity index (χ4n) is 2.71. The number of carbonyl (C=O) groups is 2. The first kappa shape index (κ1) is 18.2. The number of rotatable bonds is 6. The average molecular weight is 333 g/mol. The number of hydrogen-bond donors (Lipinski definition) is 2. The molecule has 1 aromatic heterocycles. The van der Waals surface area contributed by atoms with Crippen molar-refractivity contribution in [2.75, 3.05) is 26.7 Å². The van der Waals surface area contributed by atoms with Gasteiger partial charge in [0.15, 0.2) is 0 Å². The molecular formula is C17H27N5O2. The Labute approximate surface area is 143 Å². The van der Waals surface area contributed by atoms with Crippen LogP contribution in [0.15, 0.2) is 17.7 Å². The van der Waals surface area contributed by atoms with Crippen molar-refractivity contribution in [1.82, 2.24) is 25.3 Å². The zero-order chi connectivity index (χ0) is 17.7. The molecule has 1 atom stereocenters. The van der Waals surface area contributed by atoms with Crippen molar-refractivity contribution in [3.63, 3.8) is 0 Å². The van der Waals surface area contributed by atoms with Gasteiger partial charge in [-0.05, 0) is 26.8 Å². The zero-order valence-electron chi connectivity index (χ0n) is 14.9. The Morgan fingerprint density at radius 1 is 1.50 bits per heavy atom. The molecule has 1 saturated heterocycles. The second-order valence-corrected chi connectivity index (χ2v) is 6.58. The molecular weight excluding hydrogens is 306 g/mol. The second kappa shape index (κ2) is 8.10. The Hall–Kier alpha value is -2.15. The number of allylic oxidation sites excluding steroid dienone is 1. The number of H-pyrrole nitrogens is 1. The van der Waals surface area contributed by atoms with Gasteiger partial charge in [-0.15, -0.1) is 0 Å². The third kappa shape index (κ3) is 4.92. The summed E-state index contributed by atoms with van der Waals surface area (Å²) in [5, 5.41) is 9.87. The normalized spacial score (nSPS) is 18.2. The number of aryl methyl sites for hydroxylation is 1. The summed E-state index contributed by atoms with van der Waals surface area (Å²) < 4.78 is 0. The van der Waals surface area contributed by atoms with Gasteiger partial charge in [-0.2, -0.15) is 5.10 Å². The molecule has 2 amide bonds. The molecule has 2 N–H and O–H groups in total. The summed E-state index contributed by atoms with van der Waals surface area (Å²) in [4.78, 5) is 28.4.